The highest BCUT2D eigenvalue weighted by Gasteiger charge is 2.34. The van der Waals surface area contributed by atoms with E-state index in [1.54, 1.807) is 17.2 Å². The van der Waals surface area contributed by atoms with Gasteiger partial charge in [-0.3, -0.25) is 4.79 Å². The first-order valence-corrected chi connectivity index (χ1v) is 6.96. The second-order valence-electron chi connectivity index (χ2n) is 5.12. The summed E-state index contributed by atoms with van der Waals surface area (Å²) in [6.45, 7) is 1.20. The lowest BCUT2D eigenvalue weighted by Crippen LogP contribution is -2.32. The van der Waals surface area contributed by atoms with Gasteiger partial charge in [-0.25, -0.2) is 0 Å². The van der Waals surface area contributed by atoms with Crippen molar-refractivity contribution in [2.45, 2.75) is 12.0 Å². The van der Waals surface area contributed by atoms with Gasteiger partial charge in [0.1, 0.15) is 5.69 Å². The maximum absolute atomic E-state index is 12.4. The Morgan fingerprint density at radius 2 is 2.05 bits per heavy atom. The summed E-state index contributed by atoms with van der Waals surface area (Å²) in [5.74, 6) is 0.136. The highest BCUT2D eigenvalue weighted by atomic mass is 35.5. The van der Waals surface area contributed by atoms with E-state index in [0.717, 1.165) is 0 Å². The van der Waals surface area contributed by atoms with Crippen LogP contribution in [0.1, 0.15) is 22.0 Å². The number of aromatic nitrogens is 1. The lowest BCUT2D eigenvalue weighted by atomic mass is 9.95. The fourth-order valence-corrected chi connectivity index (χ4v) is 2.87. The third kappa shape index (κ3) is 2.44. The number of nitrogens with one attached hydrogen (secondary N) is 1. The van der Waals surface area contributed by atoms with Gasteiger partial charge in [0.25, 0.3) is 5.91 Å². The minimum absolute atomic E-state index is 0.0354. The number of aromatic amines is 1. The largest absolute Gasteiger partial charge is 0.356 e. The molecule has 0 unspecified atom stereocenters. The summed E-state index contributed by atoms with van der Waals surface area (Å²) in [5, 5.41) is 0.538. The number of halogens is 1. The Morgan fingerprint density at radius 1 is 1.30 bits per heavy atom. The minimum Gasteiger partial charge on any atom is -0.356 e. The molecule has 2 atom stereocenters. The normalized spacial score (nSPS) is 22.2. The third-order valence-corrected chi connectivity index (χ3v) is 3.98. The molecule has 1 aliphatic heterocycles. The molecule has 0 saturated carbocycles. The highest BCUT2D eigenvalue weighted by Crippen LogP contribution is 2.27. The molecular weight excluding hydrogens is 274 g/mol. The Labute approximate surface area is 122 Å². The molecule has 2 heterocycles. The van der Waals surface area contributed by atoms with Gasteiger partial charge >= 0.3 is 0 Å². The van der Waals surface area contributed by atoms with Gasteiger partial charge in [-0.05, 0) is 11.6 Å². The highest BCUT2D eigenvalue weighted by molar-refractivity contribution is 6.30. The van der Waals surface area contributed by atoms with E-state index < -0.39 is 0 Å². The Hall–Kier alpha value is -1.78. The standard InChI is InChI=1S/C15H16ClN3O/c16-11-6-14(18-7-11)15(20)19-8-12(13(17)9-19)10-4-2-1-3-5-10/h1-7,12-13,18H,8-9,17H2/t12-,13+/m0/s1. The molecule has 3 rings (SSSR count). The van der Waals surface area contributed by atoms with Gasteiger partial charge in [0, 0.05) is 31.2 Å². The van der Waals surface area contributed by atoms with Gasteiger partial charge in [0.15, 0.2) is 0 Å². The zero-order chi connectivity index (χ0) is 14.1. The van der Waals surface area contributed by atoms with Crippen LogP contribution in [0.4, 0.5) is 0 Å². The van der Waals surface area contributed by atoms with Crippen molar-refractivity contribution in [2.75, 3.05) is 13.1 Å². The summed E-state index contributed by atoms with van der Waals surface area (Å²) in [6.07, 6.45) is 1.61. The second kappa shape index (κ2) is 5.31. The van der Waals surface area contributed by atoms with E-state index in [1.165, 1.54) is 5.56 Å². The van der Waals surface area contributed by atoms with E-state index in [2.05, 4.69) is 17.1 Å². The predicted molar refractivity (Wildman–Crippen MR) is 78.9 cm³/mol. The van der Waals surface area contributed by atoms with Crippen molar-refractivity contribution in [3.05, 3.63) is 58.9 Å². The summed E-state index contributed by atoms with van der Waals surface area (Å²) >= 11 is 5.84. The molecule has 104 valence electrons. The SMILES string of the molecule is N[C@@H]1CN(C(=O)c2cc(Cl)c[nH]2)C[C@H]1c1ccccc1. The average Bonchev–Trinajstić information content (AvgIpc) is 3.05. The van der Waals surface area contributed by atoms with E-state index in [1.807, 2.05) is 18.2 Å². The van der Waals surface area contributed by atoms with Crippen LogP contribution in [0.3, 0.4) is 0 Å². The van der Waals surface area contributed by atoms with Crippen LogP contribution in [-0.2, 0) is 0 Å². The predicted octanol–water partition coefficient (Wildman–Crippen LogP) is 2.23. The van der Waals surface area contributed by atoms with Crippen LogP contribution in [0, 0.1) is 0 Å². The molecule has 1 amide bonds. The lowest BCUT2D eigenvalue weighted by Gasteiger charge is -2.15. The lowest BCUT2D eigenvalue weighted by molar-refractivity contribution is 0.0784. The Kier molecular flexibility index (Phi) is 3.51. The quantitative estimate of drug-likeness (QED) is 0.890. The van der Waals surface area contributed by atoms with E-state index in [0.29, 0.717) is 23.8 Å². The molecule has 1 aliphatic rings. The van der Waals surface area contributed by atoms with Crippen LogP contribution < -0.4 is 5.73 Å². The molecule has 1 saturated heterocycles. The van der Waals surface area contributed by atoms with Crippen molar-refractivity contribution < 1.29 is 4.79 Å². The maximum Gasteiger partial charge on any atom is 0.270 e. The van der Waals surface area contributed by atoms with Gasteiger partial charge in [0.05, 0.1) is 5.02 Å². The molecule has 20 heavy (non-hydrogen) atoms. The first-order valence-electron chi connectivity index (χ1n) is 6.59. The van der Waals surface area contributed by atoms with Gasteiger partial charge in [-0.2, -0.15) is 0 Å². The number of nitrogens with zero attached hydrogens (tertiary/aromatic N) is 1. The van der Waals surface area contributed by atoms with Crippen molar-refractivity contribution in [3.8, 4) is 0 Å². The zero-order valence-electron chi connectivity index (χ0n) is 10.9. The van der Waals surface area contributed by atoms with E-state index >= 15 is 0 Å². The second-order valence-corrected chi connectivity index (χ2v) is 5.56. The van der Waals surface area contributed by atoms with Crippen LogP contribution in [0.25, 0.3) is 0 Å². The van der Waals surface area contributed by atoms with Crippen LogP contribution >= 0.6 is 11.6 Å². The molecule has 3 N–H and O–H groups in total. The Balaban J connectivity index is 1.77. The number of likely N-dealkylation sites (tertiary alicyclic amines) is 1. The van der Waals surface area contributed by atoms with Crippen LogP contribution in [0.2, 0.25) is 5.02 Å². The van der Waals surface area contributed by atoms with Crippen molar-refractivity contribution in [1.29, 1.82) is 0 Å². The number of carbonyl (C=O) groups excluding carboxylic acids is 1. The number of hydrogen-bond donors (Lipinski definition) is 2. The Bertz CT molecular complexity index is 611. The number of hydrogen-bond acceptors (Lipinski definition) is 2. The molecule has 4 nitrogen and oxygen atoms in total. The number of benzene rings is 1. The summed E-state index contributed by atoms with van der Waals surface area (Å²) in [6, 6.07) is 11.7. The average molecular weight is 290 g/mol. The van der Waals surface area contributed by atoms with Crippen molar-refractivity contribution >= 4 is 17.5 Å². The van der Waals surface area contributed by atoms with Crippen LogP contribution in [-0.4, -0.2) is 34.9 Å². The van der Waals surface area contributed by atoms with E-state index in [4.69, 9.17) is 17.3 Å². The first-order chi connectivity index (χ1) is 9.65. The number of amides is 1. The topological polar surface area (TPSA) is 62.1 Å². The van der Waals surface area contributed by atoms with Crippen LogP contribution in [0.15, 0.2) is 42.6 Å². The molecule has 5 heteroatoms. The fraction of sp³-hybridized carbons (Fsp3) is 0.267. The monoisotopic (exact) mass is 289 g/mol. The molecule has 0 aliphatic carbocycles. The molecule has 1 aromatic heterocycles. The minimum atomic E-state index is -0.0502. The Morgan fingerprint density at radius 3 is 2.70 bits per heavy atom. The zero-order valence-corrected chi connectivity index (χ0v) is 11.7. The number of nitrogens with two attached hydrogens (primary N) is 1. The summed E-state index contributed by atoms with van der Waals surface area (Å²) < 4.78 is 0. The summed E-state index contributed by atoms with van der Waals surface area (Å²) in [4.78, 5) is 17.0. The first kappa shape index (κ1) is 13.2. The summed E-state index contributed by atoms with van der Waals surface area (Å²) in [7, 11) is 0. The molecular formula is C15H16ClN3O. The van der Waals surface area contributed by atoms with Gasteiger partial charge in [-0.15, -0.1) is 0 Å². The smallest absolute Gasteiger partial charge is 0.270 e. The van der Waals surface area contributed by atoms with Crippen LogP contribution in [0.5, 0.6) is 0 Å². The van der Waals surface area contributed by atoms with Gasteiger partial charge in [-0.1, -0.05) is 41.9 Å². The molecule has 1 fully saturated rings. The van der Waals surface area contributed by atoms with Crippen molar-refractivity contribution in [3.63, 3.8) is 0 Å². The van der Waals surface area contributed by atoms with Crippen molar-refractivity contribution in [2.24, 2.45) is 5.73 Å². The molecule has 2 aromatic rings. The van der Waals surface area contributed by atoms with Gasteiger partial charge in [0.2, 0.25) is 0 Å². The molecule has 0 bridgehead atoms. The summed E-state index contributed by atoms with van der Waals surface area (Å²) in [5.41, 5.74) is 7.88. The van der Waals surface area contributed by atoms with Crippen molar-refractivity contribution in [1.82, 2.24) is 9.88 Å². The molecule has 1 aromatic carbocycles. The number of carbonyl (C=O) groups is 1. The fourth-order valence-electron chi connectivity index (χ4n) is 2.71. The maximum atomic E-state index is 12.4. The number of H-pyrrole nitrogens is 1. The molecule has 0 radical (unpaired) electrons. The van der Waals surface area contributed by atoms with Gasteiger partial charge < -0.3 is 15.6 Å². The van der Waals surface area contributed by atoms with E-state index in [-0.39, 0.29) is 17.9 Å². The number of rotatable bonds is 2. The van der Waals surface area contributed by atoms with E-state index in [9.17, 15) is 4.79 Å². The third-order valence-electron chi connectivity index (χ3n) is 3.76. The molecule has 0 spiro atoms.